The number of hydrogen-bond acceptors (Lipinski definition) is 3. The number of aliphatic imine (C=N–C) groups is 1. The highest BCUT2D eigenvalue weighted by molar-refractivity contribution is 5.80. The van der Waals surface area contributed by atoms with Crippen molar-refractivity contribution in [2.75, 3.05) is 0 Å². The Balaban J connectivity index is 1.87. The summed E-state index contributed by atoms with van der Waals surface area (Å²) in [6.07, 6.45) is 0. The molecular weight excluding hydrogens is 322 g/mol. The fraction of sp³-hybridized carbons (Fsp3) is 0.174. The first-order valence-corrected chi connectivity index (χ1v) is 8.82. The second-order valence-electron chi connectivity index (χ2n) is 6.89. The van der Waals surface area contributed by atoms with Crippen molar-refractivity contribution < 1.29 is 9.47 Å². The van der Waals surface area contributed by atoms with Crippen LogP contribution in [0.25, 0.3) is 0 Å². The van der Waals surface area contributed by atoms with Gasteiger partial charge in [-0.15, -0.1) is 0 Å². The summed E-state index contributed by atoms with van der Waals surface area (Å²) in [7, 11) is 0. The molecule has 2 aliphatic heterocycles. The Hall–Kier alpha value is -3.07. The minimum atomic E-state index is -0.962. The maximum atomic E-state index is 6.60. The number of rotatable bonds is 2. The number of hydrogen-bond donors (Lipinski definition) is 0. The van der Waals surface area contributed by atoms with Crippen LogP contribution in [0.15, 0.2) is 83.9 Å². The van der Waals surface area contributed by atoms with Gasteiger partial charge in [0.2, 0.25) is 5.60 Å². The van der Waals surface area contributed by atoms with Crippen LogP contribution < -0.4 is 4.74 Å². The van der Waals surface area contributed by atoms with Crippen LogP contribution in [0.5, 0.6) is 5.75 Å². The molecule has 0 aromatic heterocycles. The van der Waals surface area contributed by atoms with Crippen LogP contribution in [0.4, 0.5) is 0 Å². The summed E-state index contributed by atoms with van der Waals surface area (Å²) in [6.45, 7) is 3.96. The van der Waals surface area contributed by atoms with Crippen molar-refractivity contribution in [2.24, 2.45) is 4.99 Å². The van der Waals surface area contributed by atoms with Crippen molar-refractivity contribution in [3.63, 3.8) is 0 Å². The molecule has 2 aliphatic rings. The lowest BCUT2D eigenvalue weighted by Gasteiger charge is -2.36. The third kappa shape index (κ3) is 1.80. The van der Waals surface area contributed by atoms with Crippen molar-refractivity contribution in [3.8, 4) is 5.75 Å². The van der Waals surface area contributed by atoms with Gasteiger partial charge in [0.15, 0.2) is 5.90 Å². The Kier molecular flexibility index (Phi) is 3.05. The minimum absolute atomic E-state index is 0.629. The van der Waals surface area contributed by atoms with Gasteiger partial charge in [0.25, 0.3) is 5.72 Å². The molecule has 0 spiro atoms. The van der Waals surface area contributed by atoms with Crippen LogP contribution in [0.2, 0.25) is 0 Å². The highest BCUT2D eigenvalue weighted by Crippen LogP contribution is 2.61. The van der Waals surface area contributed by atoms with Crippen molar-refractivity contribution in [3.05, 3.63) is 101 Å². The SMILES string of the molecule is CC1=N[C@]2(c3ccccc3)Oc3cc(C)ccc3[C@]2(c2ccccc2)O1. The molecule has 2 atom stereocenters. The van der Waals surface area contributed by atoms with Gasteiger partial charge in [-0.2, -0.15) is 0 Å². The average Bonchev–Trinajstić information content (AvgIpc) is 3.10. The molecule has 0 unspecified atom stereocenters. The van der Waals surface area contributed by atoms with E-state index in [0.29, 0.717) is 5.90 Å². The lowest BCUT2D eigenvalue weighted by atomic mass is 9.76. The minimum Gasteiger partial charge on any atom is -0.458 e. The molecule has 26 heavy (non-hydrogen) atoms. The first-order valence-electron chi connectivity index (χ1n) is 8.82. The van der Waals surface area contributed by atoms with Crippen LogP contribution in [-0.2, 0) is 16.1 Å². The molecule has 0 aliphatic carbocycles. The van der Waals surface area contributed by atoms with E-state index in [4.69, 9.17) is 14.5 Å². The molecule has 3 heteroatoms. The van der Waals surface area contributed by atoms with Gasteiger partial charge in [0.1, 0.15) is 5.75 Å². The molecule has 0 saturated carbocycles. The monoisotopic (exact) mass is 341 g/mol. The van der Waals surface area contributed by atoms with Gasteiger partial charge in [0, 0.05) is 23.6 Å². The molecule has 2 heterocycles. The first kappa shape index (κ1) is 15.2. The summed E-state index contributed by atoms with van der Waals surface area (Å²) < 4.78 is 13.1. The molecule has 0 radical (unpaired) electrons. The quantitative estimate of drug-likeness (QED) is 0.661. The van der Waals surface area contributed by atoms with Gasteiger partial charge in [-0.3, -0.25) is 0 Å². The fourth-order valence-electron chi connectivity index (χ4n) is 4.18. The molecule has 3 aromatic carbocycles. The van der Waals surface area contributed by atoms with Crippen LogP contribution in [-0.4, -0.2) is 5.90 Å². The second kappa shape index (κ2) is 5.21. The summed E-state index contributed by atoms with van der Waals surface area (Å²) in [5.74, 6) is 1.46. The predicted molar refractivity (Wildman–Crippen MR) is 101 cm³/mol. The van der Waals surface area contributed by atoms with Crippen LogP contribution in [0.1, 0.15) is 29.2 Å². The van der Waals surface area contributed by atoms with Crippen molar-refractivity contribution >= 4 is 5.90 Å². The number of aryl methyl sites for hydroxylation is 1. The maximum Gasteiger partial charge on any atom is 0.277 e. The largest absolute Gasteiger partial charge is 0.458 e. The standard InChI is InChI=1S/C23H19NO2/c1-16-13-14-20-21(15-16)26-23(19-11-7-4-8-12-19)22(20,25-17(2)24-23)18-9-5-3-6-10-18/h3-15H,1-2H3/t22-,23+/m0/s1. The Morgan fingerprint density at radius 3 is 2.08 bits per heavy atom. The molecule has 0 bridgehead atoms. The van der Waals surface area contributed by atoms with Gasteiger partial charge in [0.05, 0.1) is 0 Å². The van der Waals surface area contributed by atoms with Gasteiger partial charge in [-0.05, 0) is 18.6 Å². The topological polar surface area (TPSA) is 30.8 Å². The molecule has 0 fully saturated rings. The average molecular weight is 341 g/mol. The lowest BCUT2D eigenvalue weighted by molar-refractivity contribution is -0.0489. The molecule has 5 rings (SSSR count). The highest BCUT2D eigenvalue weighted by Gasteiger charge is 2.68. The summed E-state index contributed by atoms with van der Waals surface area (Å²) in [6, 6.07) is 26.7. The second-order valence-corrected chi connectivity index (χ2v) is 6.89. The summed E-state index contributed by atoms with van der Waals surface area (Å²) >= 11 is 0. The third-order valence-corrected chi connectivity index (χ3v) is 5.21. The van der Waals surface area contributed by atoms with E-state index in [0.717, 1.165) is 28.0 Å². The Bertz CT molecular complexity index is 1010. The zero-order chi connectivity index (χ0) is 17.8. The maximum absolute atomic E-state index is 6.60. The van der Waals surface area contributed by atoms with Crippen molar-refractivity contribution in [2.45, 2.75) is 25.2 Å². The third-order valence-electron chi connectivity index (χ3n) is 5.21. The van der Waals surface area contributed by atoms with E-state index in [2.05, 4.69) is 49.4 Å². The lowest BCUT2D eigenvalue weighted by Crippen LogP contribution is -2.46. The molecule has 128 valence electrons. The van der Waals surface area contributed by atoms with Crippen LogP contribution in [0, 0.1) is 6.92 Å². The Labute approximate surface area is 152 Å². The normalized spacial score (nSPS) is 25.7. The molecular formula is C23H19NO2. The number of benzene rings is 3. The van der Waals surface area contributed by atoms with Gasteiger partial charge in [-0.25, -0.2) is 4.99 Å². The fourth-order valence-corrected chi connectivity index (χ4v) is 4.18. The zero-order valence-corrected chi connectivity index (χ0v) is 14.8. The molecule has 0 saturated heterocycles. The van der Waals surface area contributed by atoms with Crippen molar-refractivity contribution in [1.82, 2.24) is 0 Å². The number of ether oxygens (including phenoxy) is 2. The summed E-state index contributed by atoms with van der Waals surface area (Å²) in [4.78, 5) is 4.92. The molecule has 3 nitrogen and oxygen atoms in total. The molecule has 3 aromatic rings. The Morgan fingerprint density at radius 2 is 1.38 bits per heavy atom. The zero-order valence-electron chi connectivity index (χ0n) is 14.8. The number of fused-ring (bicyclic) bond motifs is 3. The molecule has 0 amide bonds. The predicted octanol–water partition coefficient (Wildman–Crippen LogP) is 4.93. The smallest absolute Gasteiger partial charge is 0.277 e. The highest BCUT2D eigenvalue weighted by atomic mass is 16.6. The van der Waals surface area contributed by atoms with E-state index >= 15 is 0 Å². The van der Waals surface area contributed by atoms with E-state index in [1.165, 1.54) is 0 Å². The van der Waals surface area contributed by atoms with Gasteiger partial charge >= 0.3 is 0 Å². The van der Waals surface area contributed by atoms with Crippen LogP contribution >= 0.6 is 0 Å². The van der Waals surface area contributed by atoms with Crippen molar-refractivity contribution in [1.29, 1.82) is 0 Å². The van der Waals surface area contributed by atoms with E-state index in [1.807, 2.05) is 43.3 Å². The van der Waals surface area contributed by atoms with Gasteiger partial charge < -0.3 is 9.47 Å². The summed E-state index contributed by atoms with van der Waals surface area (Å²) in [5, 5.41) is 0. The van der Waals surface area contributed by atoms with E-state index in [1.54, 1.807) is 0 Å². The van der Waals surface area contributed by atoms with E-state index in [-0.39, 0.29) is 0 Å². The van der Waals surface area contributed by atoms with Crippen LogP contribution in [0.3, 0.4) is 0 Å². The van der Waals surface area contributed by atoms with E-state index < -0.39 is 11.3 Å². The number of nitrogens with zero attached hydrogens (tertiary/aromatic N) is 1. The molecule has 0 N–H and O–H groups in total. The van der Waals surface area contributed by atoms with Gasteiger partial charge in [-0.1, -0.05) is 72.8 Å². The van der Waals surface area contributed by atoms with E-state index in [9.17, 15) is 0 Å². The first-order chi connectivity index (χ1) is 12.7. The summed E-state index contributed by atoms with van der Waals surface area (Å²) in [5.41, 5.74) is 2.38. The Morgan fingerprint density at radius 1 is 0.731 bits per heavy atom.